The summed E-state index contributed by atoms with van der Waals surface area (Å²) in [6.45, 7) is -1.91. The molecule has 1 atom stereocenters. The number of alkyl halides is 2. The molecule has 27 heavy (non-hydrogen) atoms. The molecule has 0 spiro atoms. The van der Waals surface area contributed by atoms with E-state index in [1.54, 1.807) is 0 Å². The van der Waals surface area contributed by atoms with Gasteiger partial charge in [0.25, 0.3) is 5.91 Å². The minimum absolute atomic E-state index is 0.0726. The van der Waals surface area contributed by atoms with Gasteiger partial charge in [-0.2, -0.15) is 8.78 Å². The lowest BCUT2D eigenvalue weighted by atomic mass is 10.2. The highest BCUT2D eigenvalue weighted by atomic mass is 35.5. The average Bonchev–Trinajstić information content (AvgIpc) is 2.59. The van der Waals surface area contributed by atoms with Gasteiger partial charge in [-0.1, -0.05) is 23.7 Å². The summed E-state index contributed by atoms with van der Waals surface area (Å²) >= 11 is 5.66. The van der Waals surface area contributed by atoms with Crippen LogP contribution >= 0.6 is 11.6 Å². The molecule has 1 amide bonds. The number of nitrogens with one attached hydrogen (secondary N) is 1. The number of amides is 1. The molecule has 0 bridgehead atoms. The second-order valence-electron chi connectivity index (χ2n) is 5.16. The zero-order valence-electron chi connectivity index (χ0n) is 13.6. The molecule has 0 aromatic heterocycles. The number of halogens is 5. The van der Waals surface area contributed by atoms with Crippen molar-refractivity contribution in [2.45, 2.75) is 19.6 Å². The van der Waals surface area contributed by atoms with Crippen LogP contribution in [0.5, 0.6) is 5.75 Å². The Morgan fingerprint density at radius 2 is 1.74 bits per heavy atom. The van der Waals surface area contributed by atoms with E-state index in [1.165, 1.54) is 31.2 Å². The van der Waals surface area contributed by atoms with Crippen LogP contribution in [0.1, 0.15) is 17.3 Å². The number of benzene rings is 2. The first kappa shape index (κ1) is 20.5. The maximum atomic E-state index is 13.3. The van der Waals surface area contributed by atoms with Crippen molar-refractivity contribution in [3.8, 4) is 5.75 Å². The maximum absolute atomic E-state index is 13.3. The SMILES string of the molecule is CC(OC(=O)c1cc(F)c(F)cc1Cl)C(=O)Nc1ccccc1OC(F)F. The van der Waals surface area contributed by atoms with Crippen LogP contribution in [0.25, 0.3) is 0 Å². The Labute approximate surface area is 155 Å². The van der Waals surface area contributed by atoms with E-state index in [4.69, 9.17) is 16.3 Å². The van der Waals surface area contributed by atoms with Gasteiger partial charge < -0.3 is 14.8 Å². The third-order valence-corrected chi connectivity index (χ3v) is 3.56. The molecule has 144 valence electrons. The molecular formula is C17H12ClF4NO4. The van der Waals surface area contributed by atoms with Gasteiger partial charge in [0.1, 0.15) is 5.75 Å². The lowest BCUT2D eigenvalue weighted by molar-refractivity contribution is -0.123. The molecule has 10 heteroatoms. The first-order valence-corrected chi connectivity index (χ1v) is 7.77. The zero-order valence-corrected chi connectivity index (χ0v) is 14.4. The number of hydrogen-bond donors (Lipinski definition) is 1. The van der Waals surface area contributed by atoms with E-state index in [-0.39, 0.29) is 11.4 Å². The summed E-state index contributed by atoms with van der Waals surface area (Å²) in [4.78, 5) is 24.1. The van der Waals surface area contributed by atoms with Crippen molar-refractivity contribution >= 4 is 29.2 Å². The van der Waals surface area contributed by atoms with Gasteiger partial charge in [-0.15, -0.1) is 0 Å². The maximum Gasteiger partial charge on any atom is 0.387 e. The summed E-state index contributed by atoms with van der Waals surface area (Å²) < 4.78 is 60.2. The summed E-state index contributed by atoms with van der Waals surface area (Å²) in [5.74, 6) is -4.89. The Hall–Kier alpha value is -2.81. The van der Waals surface area contributed by atoms with E-state index in [0.717, 1.165) is 0 Å². The van der Waals surface area contributed by atoms with Crippen LogP contribution < -0.4 is 10.1 Å². The van der Waals surface area contributed by atoms with Gasteiger partial charge in [0, 0.05) is 0 Å². The topological polar surface area (TPSA) is 64.6 Å². The Kier molecular flexibility index (Phi) is 6.62. The van der Waals surface area contributed by atoms with E-state index < -0.39 is 46.8 Å². The highest BCUT2D eigenvalue weighted by Crippen LogP contribution is 2.26. The Morgan fingerprint density at radius 1 is 1.11 bits per heavy atom. The van der Waals surface area contributed by atoms with Gasteiger partial charge in [0.05, 0.1) is 16.3 Å². The fourth-order valence-corrected chi connectivity index (χ4v) is 2.19. The summed E-state index contributed by atoms with van der Waals surface area (Å²) in [5, 5.41) is 1.87. The van der Waals surface area contributed by atoms with Crippen LogP contribution in [-0.4, -0.2) is 24.6 Å². The summed E-state index contributed by atoms with van der Waals surface area (Å²) in [6.07, 6.45) is -1.40. The van der Waals surface area contributed by atoms with Crippen LogP contribution in [0.15, 0.2) is 36.4 Å². The molecule has 0 saturated carbocycles. The molecule has 0 radical (unpaired) electrons. The lowest BCUT2D eigenvalue weighted by Gasteiger charge is -2.16. The Morgan fingerprint density at radius 3 is 2.41 bits per heavy atom. The molecule has 0 saturated heterocycles. The Balaban J connectivity index is 2.08. The normalized spacial score (nSPS) is 11.8. The average molecular weight is 406 g/mol. The number of rotatable bonds is 6. The second-order valence-corrected chi connectivity index (χ2v) is 5.56. The summed E-state index contributed by atoms with van der Waals surface area (Å²) in [6, 6.07) is 6.52. The monoisotopic (exact) mass is 405 g/mol. The molecule has 0 heterocycles. The molecule has 0 aliphatic rings. The highest BCUT2D eigenvalue weighted by molar-refractivity contribution is 6.33. The minimum atomic E-state index is -3.10. The van der Waals surface area contributed by atoms with Gasteiger partial charge in [-0.3, -0.25) is 4.79 Å². The number of para-hydroxylation sites is 2. The molecule has 0 aliphatic carbocycles. The number of anilines is 1. The van der Waals surface area contributed by atoms with E-state index in [1.807, 2.05) is 0 Å². The molecule has 2 aromatic carbocycles. The van der Waals surface area contributed by atoms with E-state index in [0.29, 0.717) is 12.1 Å². The van der Waals surface area contributed by atoms with Gasteiger partial charge in [-0.25, -0.2) is 13.6 Å². The van der Waals surface area contributed by atoms with Crippen LogP contribution in [-0.2, 0) is 9.53 Å². The van der Waals surface area contributed by atoms with Gasteiger partial charge >= 0.3 is 12.6 Å². The zero-order chi connectivity index (χ0) is 20.1. The summed E-state index contributed by atoms with van der Waals surface area (Å²) in [7, 11) is 0. The number of esters is 1. The lowest BCUT2D eigenvalue weighted by Crippen LogP contribution is -2.30. The summed E-state index contributed by atoms with van der Waals surface area (Å²) in [5.41, 5.74) is -0.548. The molecule has 5 nitrogen and oxygen atoms in total. The van der Waals surface area contributed by atoms with Gasteiger partial charge in [0.15, 0.2) is 17.7 Å². The first-order chi connectivity index (χ1) is 12.7. The smallest absolute Gasteiger partial charge is 0.387 e. The van der Waals surface area contributed by atoms with Crippen molar-refractivity contribution in [1.29, 1.82) is 0 Å². The fraction of sp³-hybridized carbons (Fsp3) is 0.176. The van der Waals surface area contributed by atoms with Crippen LogP contribution in [0.3, 0.4) is 0 Å². The molecule has 1 unspecified atom stereocenters. The standard InChI is InChI=1S/C17H12ClF4NO4/c1-8(26-16(25)9-6-11(19)12(20)7-10(9)18)15(24)23-13-4-2-3-5-14(13)27-17(21)22/h2-8,17H,1H3,(H,23,24). The van der Waals surface area contributed by atoms with E-state index >= 15 is 0 Å². The highest BCUT2D eigenvalue weighted by Gasteiger charge is 2.23. The van der Waals surface area contributed by atoms with Crippen molar-refractivity contribution in [3.63, 3.8) is 0 Å². The van der Waals surface area contributed by atoms with Crippen LogP contribution in [0.2, 0.25) is 5.02 Å². The quantitative estimate of drug-likeness (QED) is 0.439. The second kappa shape index (κ2) is 8.72. The van der Waals surface area contributed by atoms with Crippen molar-refractivity contribution < 1.29 is 36.6 Å². The third kappa shape index (κ3) is 5.33. The molecule has 1 N–H and O–H groups in total. The van der Waals surface area contributed by atoms with Gasteiger partial charge in [0.2, 0.25) is 0 Å². The van der Waals surface area contributed by atoms with Crippen molar-refractivity contribution in [3.05, 3.63) is 58.6 Å². The van der Waals surface area contributed by atoms with Crippen molar-refractivity contribution in [2.24, 2.45) is 0 Å². The van der Waals surface area contributed by atoms with Crippen LogP contribution in [0.4, 0.5) is 23.2 Å². The predicted octanol–water partition coefficient (Wildman–Crippen LogP) is 4.40. The predicted molar refractivity (Wildman–Crippen MR) is 87.9 cm³/mol. The van der Waals surface area contributed by atoms with Crippen molar-refractivity contribution in [2.75, 3.05) is 5.32 Å². The van der Waals surface area contributed by atoms with Crippen molar-refractivity contribution in [1.82, 2.24) is 0 Å². The molecule has 0 aliphatic heterocycles. The third-order valence-electron chi connectivity index (χ3n) is 3.24. The van der Waals surface area contributed by atoms with Gasteiger partial charge in [-0.05, 0) is 31.2 Å². The fourth-order valence-electron chi connectivity index (χ4n) is 1.96. The van der Waals surface area contributed by atoms with E-state index in [9.17, 15) is 27.2 Å². The molecule has 0 fully saturated rings. The first-order valence-electron chi connectivity index (χ1n) is 7.39. The largest absolute Gasteiger partial charge is 0.449 e. The minimum Gasteiger partial charge on any atom is -0.449 e. The number of carbonyl (C=O) groups excluding carboxylic acids is 2. The van der Waals surface area contributed by atoms with Crippen LogP contribution in [0, 0.1) is 11.6 Å². The molecular weight excluding hydrogens is 394 g/mol. The Bertz CT molecular complexity index is 863. The number of ether oxygens (including phenoxy) is 2. The number of carbonyl (C=O) groups is 2. The molecule has 2 rings (SSSR count). The number of hydrogen-bond acceptors (Lipinski definition) is 4. The molecule has 2 aromatic rings. The van der Waals surface area contributed by atoms with E-state index in [2.05, 4.69) is 10.1 Å².